The van der Waals surface area contributed by atoms with Gasteiger partial charge in [-0.15, -0.1) is 0 Å². The Bertz CT molecular complexity index is 1760. The van der Waals surface area contributed by atoms with Crippen LogP contribution in [0.1, 0.15) is 120 Å². The summed E-state index contributed by atoms with van der Waals surface area (Å²) in [4.78, 5) is 53.3. The van der Waals surface area contributed by atoms with Gasteiger partial charge in [0.2, 0.25) is 11.9 Å². The first-order valence-electron chi connectivity index (χ1n) is 23.3. The van der Waals surface area contributed by atoms with E-state index in [2.05, 4.69) is 30.6 Å². The molecular formula is C45H72N6O14S. The van der Waals surface area contributed by atoms with Crippen molar-refractivity contribution in [3.8, 4) is 5.75 Å². The summed E-state index contributed by atoms with van der Waals surface area (Å²) >= 11 is 0. The fraction of sp³-hybridized carbons (Fsp3) is 0.689. The number of aromatic nitrogens is 2. The first-order valence-corrected chi connectivity index (χ1v) is 24.8. The Morgan fingerprint density at radius 2 is 1.18 bits per heavy atom. The van der Waals surface area contributed by atoms with Gasteiger partial charge in [0.25, 0.3) is 15.9 Å². The molecule has 2 atom stereocenters. The van der Waals surface area contributed by atoms with Crippen molar-refractivity contribution in [3.05, 3.63) is 42.2 Å². The number of ether oxygens (including phenoxy) is 6. The van der Waals surface area contributed by atoms with E-state index in [1.165, 1.54) is 63.1 Å². The van der Waals surface area contributed by atoms with Gasteiger partial charge in [0.15, 0.2) is 0 Å². The molecule has 66 heavy (non-hydrogen) atoms. The van der Waals surface area contributed by atoms with Gasteiger partial charge >= 0.3 is 11.9 Å². The third-order valence-electron chi connectivity index (χ3n) is 10.2. The second-order valence-electron chi connectivity index (χ2n) is 15.8. The highest BCUT2D eigenvalue weighted by Crippen LogP contribution is 2.25. The van der Waals surface area contributed by atoms with E-state index in [9.17, 15) is 27.6 Å². The number of carbonyl (C=O) groups excluding carboxylic acids is 2. The zero-order valence-electron chi connectivity index (χ0n) is 38.2. The molecule has 0 spiro atoms. The van der Waals surface area contributed by atoms with Gasteiger partial charge in [0.1, 0.15) is 25.2 Å². The number of epoxide rings is 1. The molecular weight excluding hydrogens is 881 g/mol. The van der Waals surface area contributed by atoms with Gasteiger partial charge in [0.05, 0.1) is 62.8 Å². The van der Waals surface area contributed by atoms with Crippen LogP contribution in [0.4, 0.5) is 5.95 Å². The third-order valence-corrected chi connectivity index (χ3v) is 11.6. The topological polar surface area (TPSA) is 275 Å². The number of sulfonamides is 1. The number of rotatable bonds is 43. The van der Waals surface area contributed by atoms with Gasteiger partial charge < -0.3 is 49.3 Å². The highest BCUT2D eigenvalue weighted by Gasteiger charge is 2.37. The number of benzene rings is 1. The zero-order chi connectivity index (χ0) is 47.5. The fourth-order valence-electron chi connectivity index (χ4n) is 6.57. The van der Waals surface area contributed by atoms with Crippen LogP contribution in [-0.2, 0) is 48.1 Å². The number of nitrogens with one attached hydrogen (secondary N) is 4. The molecule has 1 fully saturated rings. The van der Waals surface area contributed by atoms with Crippen LogP contribution in [0.2, 0.25) is 0 Å². The van der Waals surface area contributed by atoms with E-state index in [-0.39, 0.29) is 86.6 Å². The van der Waals surface area contributed by atoms with Crippen molar-refractivity contribution < 1.29 is 66.2 Å². The van der Waals surface area contributed by atoms with Crippen molar-refractivity contribution in [1.82, 2.24) is 25.9 Å². The lowest BCUT2D eigenvalue weighted by Crippen LogP contribution is -2.31. The molecule has 20 nitrogen and oxygen atoms in total. The van der Waals surface area contributed by atoms with E-state index in [4.69, 9.17) is 38.6 Å². The Balaban J connectivity index is 1.11. The molecule has 0 radical (unpaired) electrons. The Labute approximate surface area is 389 Å². The largest absolute Gasteiger partial charge is 0.494 e. The molecule has 2 amide bonds. The number of carboxylic acid groups (broad SMARTS) is 2. The van der Waals surface area contributed by atoms with Crippen LogP contribution in [0.15, 0.2) is 41.6 Å². The number of carbonyl (C=O) groups is 4. The molecule has 1 aliphatic heterocycles. The van der Waals surface area contributed by atoms with Crippen molar-refractivity contribution in [2.24, 2.45) is 0 Å². The molecule has 2 aromatic rings. The zero-order valence-corrected chi connectivity index (χ0v) is 39.0. The summed E-state index contributed by atoms with van der Waals surface area (Å²) in [5.74, 6) is -1.93. The van der Waals surface area contributed by atoms with Gasteiger partial charge in [-0.2, -0.15) is 0 Å². The summed E-state index contributed by atoms with van der Waals surface area (Å²) in [6, 6.07) is 6.17. The maximum atomic E-state index is 12.9. The second kappa shape index (κ2) is 34.7. The molecule has 0 saturated carbocycles. The number of carboxylic acids is 2. The van der Waals surface area contributed by atoms with Crippen molar-refractivity contribution in [2.75, 3.05) is 83.8 Å². The molecule has 21 heteroatoms. The molecule has 2 heterocycles. The molecule has 0 bridgehead atoms. The first-order chi connectivity index (χ1) is 32.0. The van der Waals surface area contributed by atoms with Crippen LogP contribution < -0.4 is 25.4 Å². The Kier molecular flexibility index (Phi) is 29.4. The lowest BCUT2D eigenvalue weighted by Gasteiger charge is -2.09. The maximum Gasteiger partial charge on any atom is 0.329 e. The molecule has 1 saturated heterocycles. The Morgan fingerprint density at radius 3 is 1.82 bits per heavy atom. The second-order valence-corrected chi connectivity index (χ2v) is 17.5. The number of aliphatic carboxylic acids is 2. The highest BCUT2D eigenvalue weighted by atomic mass is 32.2. The van der Waals surface area contributed by atoms with Crippen molar-refractivity contribution >= 4 is 39.7 Å². The fourth-order valence-corrected chi connectivity index (χ4v) is 7.53. The van der Waals surface area contributed by atoms with Crippen LogP contribution in [-0.4, -0.2) is 144 Å². The summed E-state index contributed by atoms with van der Waals surface area (Å²) in [6.45, 7) is 3.25. The lowest BCUT2D eigenvalue weighted by atomic mass is 10.0. The monoisotopic (exact) mass is 952 g/mol. The number of unbranched alkanes of at least 4 members (excludes halogenated alkanes) is 13. The average molecular weight is 953 g/mol. The number of anilines is 1. The molecule has 1 aromatic heterocycles. The van der Waals surface area contributed by atoms with E-state index in [0.717, 1.165) is 64.2 Å². The van der Waals surface area contributed by atoms with E-state index in [1.807, 2.05) is 0 Å². The summed E-state index contributed by atoms with van der Waals surface area (Å²) in [6.07, 6.45) is 19.8. The minimum Gasteiger partial charge on any atom is -0.494 e. The highest BCUT2D eigenvalue weighted by molar-refractivity contribution is 7.92. The summed E-state index contributed by atoms with van der Waals surface area (Å²) in [5, 5.41) is 25.9. The molecule has 6 N–H and O–H groups in total. The number of hydrogen-bond donors (Lipinski definition) is 6. The van der Waals surface area contributed by atoms with Crippen molar-refractivity contribution in [3.63, 3.8) is 0 Å². The Morgan fingerprint density at radius 1 is 0.606 bits per heavy atom. The quantitative estimate of drug-likeness (QED) is 0.0389. The van der Waals surface area contributed by atoms with E-state index >= 15 is 0 Å². The van der Waals surface area contributed by atoms with Crippen LogP contribution in [0, 0.1) is 0 Å². The van der Waals surface area contributed by atoms with E-state index in [1.54, 1.807) is 12.1 Å². The SMILES string of the molecule is O=C(O)CCCCCCCCCCCCCCOc1ccc(S(=O)(=O)Nc2ncc(C(=O)NCCCCCC3OC3NCCOCCOCC(=O)NCCOCCOCC(=O)O)cn2)cc1. The lowest BCUT2D eigenvalue weighted by molar-refractivity contribution is -0.143. The molecule has 2 unspecified atom stereocenters. The maximum absolute atomic E-state index is 12.9. The number of hydrogen-bond acceptors (Lipinski definition) is 15. The molecule has 1 aliphatic rings. The van der Waals surface area contributed by atoms with Crippen molar-refractivity contribution in [2.45, 2.75) is 126 Å². The third kappa shape index (κ3) is 27.8. The van der Waals surface area contributed by atoms with Crippen LogP contribution in [0.3, 0.4) is 0 Å². The summed E-state index contributed by atoms with van der Waals surface area (Å²) < 4.78 is 60.6. The van der Waals surface area contributed by atoms with E-state index in [0.29, 0.717) is 45.2 Å². The average Bonchev–Trinajstić information content (AvgIpc) is 4.05. The standard InChI is InChI=1S/C45H72N6O14S/c52-40(46-23-26-60-29-31-63-35-42(55)56)34-62-30-28-61-27-24-48-44-39(65-44)16-12-11-14-22-47-43(57)36-32-49-45(50-33-36)51-66(58,59)38-20-18-37(19-21-38)64-25-15-10-8-6-4-2-1-3-5-7-9-13-17-41(53)54/h18-21,32-33,39,44,48H,1-17,22-31,34-35H2,(H,46,52)(H,47,57)(H,53,54)(H,55,56)(H,49,50,51). The summed E-state index contributed by atoms with van der Waals surface area (Å²) in [7, 11) is -3.96. The van der Waals surface area contributed by atoms with Crippen molar-refractivity contribution in [1.29, 1.82) is 0 Å². The van der Waals surface area contributed by atoms with Gasteiger partial charge in [-0.25, -0.2) is 27.9 Å². The molecule has 3 rings (SSSR count). The summed E-state index contributed by atoms with van der Waals surface area (Å²) in [5.41, 5.74) is 0.216. The normalized spacial score (nSPS) is 14.4. The minimum absolute atomic E-state index is 0.00711. The van der Waals surface area contributed by atoms with Gasteiger partial charge in [-0.05, 0) is 49.9 Å². The minimum atomic E-state index is -3.96. The van der Waals surface area contributed by atoms with E-state index < -0.39 is 22.0 Å². The smallest absolute Gasteiger partial charge is 0.329 e. The molecule has 372 valence electrons. The number of nitrogens with zero attached hydrogens (tertiary/aromatic N) is 2. The van der Waals surface area contributed by atoms with Gasteiger partial charge in [-0.1, -0.05) is 77.0 Å². The predicted octanol–water partition coefficient (Wildman–Crippen LogP) is 4.68. The van der Waals surface area contributed by atoms with Gasteiger partial charge in [0, 0.05) is 38.4 Å². The van der Waals surface area contributed by atoms with Crippen LogP contribution in [0.25, 0.3) is 0 Å². The predicted molar refractivity (Wildman–Crippen MR) is 244 cm³/mol. The molecule has 0 aliphatic carbocycles. The first kappa shape index (κ1) is 55.8. The van der Waals surface area contributed by atoms with Crippen LogP contribution >= 0.6 is 0 Å². The van der Waals surface area contributed by atoms with Crippen LogP contribution in [0.5, 0.6) is 5.75 Å². The Hall–Kier alpha value is -4.51. The van der Waals surface area contributed by atoms with Gasteiger partial charge in [-0.3, -0.25) is 19.7 Å². The molecule has 1 aromatic carbocycles. The number of amides is 2.